The number of rotatable bonds is 6. The second-order valence-electron chi connectivity index (χ2n) is 3.84. The Kier molecular flexibility index (Phi) is 5.89. The van der Waals surface area contributed by atoms with Gasteiger partial charge in [-0.3, -0.25) is 4.90 Å². The molecule has 1 aromatic heterocycles. The lowest BCUT2D eigenvalue weighted by molar-refractivity contribution is 0.266. The summed E-state index contributed by atoms with van der Waals surface area (Å²) in [4.78, 5) is 4.33. The summed E-state index contributed by atoms with van der Waals surface area (Å²) in [5.74, 6) is 0.276. The van der Waals surface area contributed by atoms with E-state index in [0.29, 0.717) is 4.99 Å². The molecule has 0 aliphatic rings. The molecule has 0 saturated carbocycles. The Labute approximate surface area is 115 Å². The molecule has 0 saturated heterocycles. The van der Waals surface area contributed by atoms with Crippen molar-refractivity contribution < 1.29 is 0 Å². The third-order valence-electron chi connectivity index (χ3n) is 2.47. The second-order valence-corrected chi connectivity index (χ2v) is 6.86. The zero-order chi connectivity index (χ0) is 12.1. The zero-order valence-electron chi connectivity index (χ0n) is 9.57. The maximum atomic E-state index is 5.64. The van der Waals surface area contributed by atoms with Crippen molar-refractivity contribution in [1.82, 2.24) is 4.90 Å². The summed E-state index contributed by atoms with van der Waals surface area (Å²) in [6, 6.07) is 4.24. The van der Waals surface area contributed by atoms with E-state index in [1.165, 1.54) is 8.66 Å². The van der Waals surface area contributed by atoms with Gasteiger partial charge in [-0.25, -0.2) is 0 Å². The Hall–Kier alpha value is 0.0300. The van der Waals surface area contributed by atoms with Gasteiger partial charge in [-0.1, -0.05) is 26.1 Å². The summed E-state index contributed by atoms with van der Waals surface area (Å²) in [5.41, 5.74) is 5.64. The third kappa shape index (κ3) is 4.49. The number of hydrogen-bond donors (Lipinski definition) is 1. The van der Waals surface area contributed by atoms with Crippen molar-refractivity contribution in [3.05, 3.63) is 20.8 Å². The molecule has 16 heavy (non-hydrogen) atoms. The Bertz CT molecular complexity index is 352. The maximum Gasteiger partial charge on any atom is 0.0768 e. The van der Waals surface area contributed by atoms with Crippen molar-refractivity contribution in [3.63, 3.8) is 0 Å². The Balaban J connectivity index is 2.52. The molecule has 0 bridgehead atoms. The third-order valence-corrected chi connectivity index (χ3v) is 4.48. The van der Waals surface area contributed by atoms with Crippen LogP contribution in [0.1, 0.15) is 18.7 Å². The molecule has 0 spiro atoms. The van der Waals surface area contributed by atoms with Gasteiger partial charge in [0, 0.05) is 23.9 Å². The van der Waals surface area contributed by atoms with Crippen LogP contribution in [0.3, 0.4) is 0 Å². The number of thiocarbonyl (C=S) groups is 1. The molecular formula is C11H17BrN2S2. The van der Waals surface area contributed by atoms with Gasteiger partial charge in [0.1, 0.15) is 0 Å². The van der Waals surface area contributed by atoms with E-state index in [1.54, 1.807) is 11.3 Å². The van der Waals surface area contributed by atoms with E-state index in [1.807, 2.05) is 0 Å². The molecule has 0 aromatic carbocycles. The van der Waals surface area contributed by atoms with E-state index in [0.717, 1.165) is 19.6 Å². The van der Waals surface area contributed by atoms with E-state index < -0.39 is 0 Å². The standard InChI is InChI=1S/C11H17BrN2S2/c1-3-14(6-8(2)11(13)15)7-9-4-5-10(12)16-9/h4-5,8H,3,6-7H2,1-2H3,(H2,13,15). The predicted octanol–water partition coefficient (Wildman–Crippen LogP) is 3.25. The average Bonchev–Trinajstić information content (AvgIpc) is 2.62. The van der Waals surface area contributed by atoms with Gasteiger partial charge in [0.25, 0.3) is 0 Å². The van der Waals surface area contributed by atoms with Gasteiger partial charge in [0.2, 0.25) is 0 Å². The van der Waals surface area contributed by atoms with Crippen molar-refractivity contribution in [1.29, 1.82) is 0 Å². The molecule has 5 heteroatoms. The van der Waals surface area contributed by atoms with Crippen LogP contribution in [0.2, 0.25) is 0 Å². The summed E-state index contributed by atoms with van der Waals surface area (Å²) >= 11 is 10.3. The topological polar surface area (TPSA) is 29.3 Å². The first-order valence-electron chi connectivity index (χ1n) is 5.28. The molecule has 1 rings (SSSR count). The molecule has 1 unspecified atom stereocenters. The van der Waals surface area contributed by atoms with Crippen LogP contribution in [-0.2, 0) is 6.54 Å². The van der Waals surface area contributed by atoms with Gasteiger partial charge >= 0.3 is 0 Å². The minimum absolute atomic E-state index is 0.276. The van der Waals surface area contributed by atoms with E-state index >= 15 is 0 Å². The molecule has 1 heterocycles. The lowest BCUT2D eigenvalue weighted by atomic mass is 10.1. The van der Waals surface area contributed by atoms with Crippen LogP contribution in [-0.4, -0.2) is 23.0 Å². The van der Waals surface area contributed by atoms with Crippen LogP contribution < -0.4 is 5.73 Å². The molecule has 90 valence electrons. The van der Waals surface area contributed by atoms with E-state index in [9.17, 15) is 0 Å². The molecule has 1 atom stereocenters. The van der Waals surface area contributed by atoms with Crippen LogP contribution in [0.15, 0.2) is 15.9 Å². The van der Waals surface area contributed by atoms with Crippen molar-refractivity contribution in [2.75, 3.05) is 13.1 Å². The minimum atomic E-state index is 0.276. The van der Waals surface area contributed by atoms with E-state index in [4.69, 9.17) is 18.0 Å². The van der Waals surface area contributed by atoms with Gasteiger partial charge in [-0.15, -0.1) is 11.3 Å². The number of nitrogens with zero attached hydrogens (tertiary/aromatic N) is 1. The van der Waals surface area contributed by atoms with Gasteiger partial charge in [-0.2, -0.15) is 0 Å². The molecule has 1 aromatic rings. The molecule has 0 aliphatic carbocycles. The number of hydrogen-bond acceptors (Lipinski definition) is 3. The number of thiophene rings is 1. The summed E-state index contributed by atoms with van der Waals surface area (Å²) in [7, 11) is 0. The molecule has 0 amide bonds. The highest BCUT2D eigenvalue weighted by molar-refractivity contribution is 9.11. The fourth-order valence-electron chi connectivity index (χ4n) is 1.44. The second kappa shape index (κ2) is 6.69. The first-order chi connectivity index (χ1) is 7.52. The van der Waals surface area contributed by atoms with Crippen LogP contribution in [0.4, 0.5) is 0 Å². The van der Waals surface area contributed by atoms with Crippen LogP contribution >= 0.6 is 39.5 Å². The highest BCUT2D eigenvalue weighted by atomic mass is 79.9. The Morgan fingerprint density at radius 1 is 1.62 bits per heavy atom. The minimum Gasteiger partial charge on any atom is -0.393 e. The maximum absolute atomic E-state index is 5.64. The average molecular weight is 321 g/mol. The largest absolute Gasteiger partial charge is 0.393 e. The Morgan fingerprint density at radius 2 is 2.31 bits per heavy atom. The lowest BCUT2D eigenvalue weighted by Crippen LogP contribution is -2.33. The van der Waals surface area contributed by atoms with Gasteiger partial charge < -0.3 is 5.73 Å². The summed E-state index contributed by atoms with van der Waals surface area (Å²) in [6.45, 7) is 7.16. The molecule has 0 radical (unpaired) electrons. The van der Waals surface area contributed by atoms with Gasteiger partial charge in [-0.05, 0) is 34.6 Å². The van der Waals surface area contributed by atoms with E-state index in [-0.39, 0.29) is 5.92 Å². The highest BCUT2D eigenvalue weighted by Crippen LogP contribution is 2.23. The first kappa shape index (κ1) is 14.1. The molecule has 0 aliphatic heterocycles. The first-order valence-corrected chi connectivity index (χ1v) is 7.30. The van der Waals surface area contributed by atoms with Crippen LogP contribution in [0, 0.1) is 5.92 Å². The van der Waals surface area contributed by atoms with E-state index in [2.05, 4.69) is 46.8 Å². The summed E-state index contributed by atoms with van der Waals surface area (Å²) in [5, 5.41) is 0. The SMILES string of the molecule is CCN(Cc1ccc(Br)s1)CC(C)C(N)=S. The quantitative estimate of drug-likeness (QED) is 0.816. The number of nitrogens with two attached hydrogens (primary N) is 1. The van der Waals surface area contributed by atoms with Crippen molar-refractivity contribution in [2.45, 2.75) is 20.4 Å². The molecule has 2 nitrogen and oxygen atoms in total. The fraction of sp³-hybridized carbons (Fsp3) is 0.545. The van der Waals surface area contributed by atoms with Crippen LogP contribution in [0.25, 0.3) is 0 Å². The summed E-state index contributed by atoms with van der Waals surface area (Å²) < 4.78 is 1.18. The number of halogens is 1. The smallest absolute Gasteiger partial charge is 0.0768 e. The summed E-state index contributed by atoms with van der Waals surface area (Å²) in [6.07, 6.45) is 0. The fourth-order valence-corrected chi connectivity index (χ4v) is 3.04. The zero-order valence-corrected chi connectivity index (χ0v) is 12.8. The van der Waals surface area contributed by atoms with Crippen LogP contribution in [0.5, 0.6) is 0 Å². The monoisotopic (exact) mass is 320 g/mol. The van der Waals surface area contributed by atoms with Gasteiger partial charge in [0.15, 0.2) is 0 Å². The highest BCUT2D eigenvalue weighted by Gasteiger charge is 2.12. The van der Waals surface area contributed by atoms with Crippen molar-refractivity contribution >= 4 is 44.5 Å². The normalized spacial score (nSPS) is 13.0. The Morgan fingerprint density at radius 3 is 2.75 bits per heavy atom. The molecular weight excluding hydrogens is 304 g/mol. The molecule has 2 N–H and O–H groups in total. The van der Waals surface area contributed by atoms with Gasteiger partial charge in [0.05, 0.1) is 8.77 Å². The van der Waals surface area contributed by atoms with Crippen molar-refractivity contribution in [2.24, 2.45) is 11.7 Å². The predicted molar refractivity (Wildman–Crippen MR) is 78.9 cm³/mol. The van der Waals surface area contributed by atoms with Crippen molar-refractivity contribution in [3.8, 4) is 0 Å². The lowest BCUT2D eigenvalue weighted by Gasteiger charge is -2.23. The molecule has 0 fully saturated rings.